The van der Waals surface area contributed by atoms with Crippen molar-refractivity contribution >= 4 is 11.6 Å². The van der Waals surface area contributed by atoms with Gasteiger partial charge in [0.2, 0.25) is 5.91 Å². The van der Waals surface area contributed by atoms with E-state index >= 15 is 0 Å². The second-order valence-corrected chi connectivity index (χ2v) is 5.65. The molecular weight excluding hydrogens is 272 g/mol. The standard InChI is InChI=1S/C19H24N2O/c1-14-7-4-5-10-17(14)13-21-18(22)11-12-20-19-15(2)8-6-9-16(19)3/h4-10,20H,11-13H2,1-3H3,(H,21,22). The SMILES string of the molecule is Cc1ccccc1CNC(=O)CCNc1c(C)cccc1C. The maximum atomic E-state index is 11.9. The van der Waals surface area contributed by atoms with Crippen LogP contribution in [0.5, 0.6) is 0 Å². The van der Waals surface area contributed by atoms with E-state index in [1.54, 1.807) is 0 Å². The normalized spacial score (nSPS) is 10.3. The van der Waals surface area contributed by atoms with Crippen LogP contribution in [0.2, 0.25) is 0 Å². The summed E-state index contributed by atoms with van der Waals surface area (Å²) in [6.07, 6.45) is 0.472. The van der Waals surface area contributed by atoms with E-state index in [4.69, 9.17) is 0 Å². The highest BCUT2D eigenvalue weighted by Crippen LogP contribution is 2.19. The number of hydrogen-bond donors (Lipinski definition) is 2. The Balaban J connectivity index is 1.78. The number of rotatable bonds is 6. The molecule has 0 radical (unpaired) electrons. The lowest BCUT2D eigenvalue weighted by Gasteiger charge is -2.13. The number of carbonyl (C=O) groups excluding carboxylic acids is 1. The molecule has 0 fully saturated rings. The number of para-hydroxylation sites is 1. The van der Waals surface area contributed by atoms with E-state index < -0.39 is 0 Å². The molecule has 2 aromatic rings. The van der Waals surface area contributed by atoms with Gasteiger partial charge in [-0.05, 0) is 43.0 Å². The molecule has 1 amide bonds. The molecule has 2 N–H and O–H groups in total. The summed E-state index contributed by atoms with van der Waals surface area (Å²) in [6, 6.07) is 14.3. The molecule has 0 spiro atoms. The monoisotopic (exact) mass is 296 g/mol. The summed E-state index contributed by atoms with van der Waals surface area (Å²) >= 11 is 0. The first-order chi connectivity index (χ1) is 10.6. The smallest absolute Gasteiger partial charge is 0.222 e. The minimum atomic E-state index is 0.0713. The van der Waals surface area contributed by atoms with Crippen molar-refractivity contribution in [3.63, 3.8) is 0 Å². The van der Waals surface area contributed by atoms with E-state index in [0.717, 1.165) is 5.69 Å². The van der Waals surface area contributed by atoms with Crippen LogP contribution in [0.25, 0.3) is 0 Å². The second-order valence-electron chi connectivity index (χ2n) is 5.65. The van der Waals surface area contributed by atoms with Crippen molar-refractivity contribution in [2.75, 3.05) is 11.9 Å². The summed E-state index contributed by atoms with van der Waals surface area (Å²) in [5.41, 5.74) is 5.92. The fourth-order valence-electron chi connectivity index (χ4n) is 2.48. The summed E-state index contributed by atoms with van der Waals surface area (Å²) in [5.74, 6) is 0.0713. The predicted octanol–water partition coefficient (Wildman–Crippen LogP) is 3.73. The highest BCUT2D eigenvalue weighted by molar-refractivity contribution is 5.76. The Hall–Kier alpha value is -2.29. The van der Waals surface area contributed by atoms with Gasteiger partial charge >= 0.3 is 0 Å². The third-order valence-electron chi connectivity index (χ3n) is 3.87. The van der Waals surface area contributed by atoms with Crippen molar-refractivity contribution in [3.05, 3.63) is 64.7 Å². The van der Waals surface area contributed by atoms with Crippen molar-refractivity contribution in [2.24, 2.45) is 0 Å². The molecule has 0 bridgehead atoms. The second kappa shape index (κ2) is 7.64. The lowest BCUT2D eigenvalue weighted by atomic mass is 10.1. The van der Waals surface area contributed by atoms with Gasteiger partial charge in [-0.25, -0.2) is 0 Å². The highest BCUT2D eigenvalue weighted by Gasteiger charge is 2.05. The number of hydrogen-bond acceptors (Lipinski definition) is 2. The third kappa shape index (κ3) is 4.35. The van der Waals surface area contributed by atoms with Gasteiger partial charge in [0.05, 0.1) is 0 Å². The molecule has 0 atom stereocenters. The molecule has 0 aliphatic carbocycles. The molecule has 0 saturated heterocycles. The molecule has 3 nitrogen and oxygen atoms in total. The van der Waals surface area contributed by atoms with E-state index in [1.807, 2.05) is 24.3 Å². The number of amides is 1. The van der Waals surface area contributed by atoms with Gasteiger partial charge in [0.15, 0.2) is 0 Å². The topological polar surface area (TPSA) is 41.1 Å². The van der Waals surface area contributed by atoms with E-state index in [2.05, 4.69) is 49.6 Å². The van der Waals surface area contributed by atoms with Gasteiger partial charge in [0, 0.05) is 25.2 Å². The first kappa shape index (κ1) is 16.1. The van der Waals surface area contributed by atoms with E-state index in [-0.39, 0.29) is 5.91 Å². The largest absolute Gasteiger partial charge is 0.384 e. The van der Waals surface area contributed by atoms with Crippen LogP contribution in [0.4, 0.5) is 5.69 Å². The van der Waals surface area contributed by atoms with Gasteiger partial charge in [-0.3, -0.25) is 4.79 Å². The van der Waals surface area contributed by atoms with Gasteiger partial charge in [0.25, 0.3) is 0 Å². The Kier molecular flexibility index (Phi) is 5.59. The van der Waals surface area contributed by atoms with Crippen molar-refractivity contribution in [1.82, 2.24) is 5.32 Å². The molecule has 116 valence electrons. The van der Waals surface area contributed by atoms with Crippen molar-refractivity contribution in [3.8, 4) is 0 Å². The van der Waals surface area contributed by atoms with Crippen LogP contribution in [-0.2, 0) is 11.3 Å². The average molecular weight is 296 g/mol. The Labute approximate surface area is 132 Å². The van der Waals surface area contributed by atoms with Gasteiger partial charge in [0.1, 0.15) is 0 Å². The van der Waals surface area contributed by atoms with Crippen LogP contribution < -0.4 is 10.6 Å². The number of carbonyl (C=O) groups is 1. The van der Waals surface area contributed by atoms with Gasteiger partial charge in [-0.2, -0.15) is 0 Å². The molecule has 22 heavy (non-hydrogen) atoms. The van der Waals surface area contributed by atoms with E-state index in [1.165, 1.54) is 22.3 Å². The van der Waals surface area contributed by atoms with Gasteiger partial charge in [-0.15, -0.1) is 0 Å². The van der Waals surface area contributed by atoms with Crippen LogP contribution in [0.3, 0.4) is 0 Å². The first-order valence-corrected chi connectivity index (χ1v) is 7.69. The molecule has 0 unspecified atom stereocenters. The molecule has 2 rings (SSSR count). The van der Waals surface area contributed by atoms with Crippen LogP contribution in [0.15, 0.2) is 42.5 Å². The zero-order chi connectivity index (χ0) is 15.9. The Morgan fingerprint density at radius 1 is 0.909 bits per heavy atom. The van der Waals surface area contributed by atoms with Crippen molar-refractivity contribution < 1.29 is 4.79 Å². The number of aryl methyl sites for hydroxylation is 3. The molecule has 0 saturated carbocycles. The lowest BCUT2D eigenvalue weighted by Crippen LogP contribution is -2.25. The van der Waals surface area contributed by atoms with Crippen LogP contribution in [0.1, 0.15) is 28.7 Å². The van der Waals surface area contributed by atoms with Crippen molar-refractivity contribution in [2.45, 2.75) is 33.7 Å². The average Bonchev–Trinajstić information content (AvgIpc) is 2.49. The first-order valence-electron chi connectivity index (χ1n) is 7.69. The highest BCUT2D eigenvalue weighted by atomic mass is 16.1. The van der Waals surface area contributed by atoms with E-state index in [0.29, 0.717) is 19.5 Å². The zero-order valence-electron chi connectivity index (χ0n) is 13.6. The molecule has 0 aromatic heterocycles. The Morgan fingerprint density at radius 2 is 1.55 bits per heavy atom. The van der Waals surface area contributed by atoms with E-state index in [9.17, 15) is 4.79 Å². The maximum Gasteiger partial charge on any atom is 0.222 e. The summed E-state index contributed by atoms with van der Waals surface area (Å²) in [5, 5.41) is 6.34. The zero-order valence-corrected chi connectivity index (χ0v) is 13.6. The summed E-state index contributed by atoms with van der Waals surface area (Å²) in [6.45, 7) is 7.45. The number of benzene rings is 2. The minimum absolute atomic E-state index is 0.0713. The molecular formula is C19H24N2O. The Bertz CT molecular complexity index is 629. The third-order valence-corrected chi connectivity index (χ3v) is 3.87. The number of nitrogens with one attached hydrogen (secondary N) is 2. The quantitative estimate of drug-likeness (QED) is 0.853. The lowest BCUT2D eigenvalue weighted by molar-refractivity contribution is -0.121. The Morgan fingerprint density at radius 3 is 2.23 bits per heavy atom. The molecule has 2 aromatic carbocycles. The predicted molar refractivity (Wildman–Crippen MR) is 92.0 cm³/mol. The summed E-state index contributed by atoms with van der Waals surface area (Å²) in [4.78, 5) is 11.9. The fourth-order valence-corrected chi connectivity index (χ4v) is 2.48. The molecule has 0 aliphatic rings. The van der Waals surface area contributed by atoms with Crippen LogP contribution in [-0.4, -0.2) is 12.5 Å². The maximum absolute atomic E-state index is 11.9. The summed E-state index contributed by atoms with van der Waals surface area (Å²) < 4.78 is 0. The number of anilines is 1. The van der Waals surface area contributed by atoms with Gasteiger partial charge in [-0.1, -0.05) is 42.5 Å². The van der Waals surface area contributed by atoms with Crippen molar-refractivity contribution in [1.29, 1.82) is 0 Å². The molecule has 0 aliphatic heterocycles. The summed E-state index contributed by atoms with van der Waals surface area (Å²) in [7, 11) is 0. The molecule has 0 heterocycles. The van der Waals surface area contributed by atoms with Gasteiger partial charge < -0.3 is 10.6 Å². The van der Waals surface area contributed by atoms with Crippen LogP contribution in [0, 0.1) is 20.8 Å². The fraction of sp³-hybridized carbons (Fsp3) is 0.316. The molecule has 3 heteroatoms. The van der Waals surface area contributed by atoms with Crippen LogP contribution >= 0.6 is 0 Å². The minimum Gasteiger partial charge on any atom is -0.384 e.